The van der Waals surface area contributed by atoms with Gasteiger partial charge < -0.3 is 25.6 Å². The van der Waals surface area contributed by atoms with Gasteiger partial charge >= 0.3 is 6.09 Å². The normalized spacial score (nSPS) is 19.7. The van der Waals surface area contributed by atoms with Crippen molar-refractivity contribution in [2.45, 2.75) is 46.1 Å². The van der Waals surface area contributed by atoms with Crippen LogP contribution in [0.1, 0.15) is 40.5 Å². The van der Waals surface area contributed by atoms with E-state index < -0.39 is 11.7 Å². The molecule has 0 aromatic heterocycles. The summed E-state index contributed by atoms with van der Waals surface area (Å²) in [7, 11) is 1.76. The van der Waals surface area contributed by atoms with Crippen molar-refractivity contribution in [3.05, 3.63) is 0 Å². The number of amides is 1. The van der Waals surface area contributed by atoms with Crippen molar-refractivity contribution in [2.24, 2.45) is 10.9 Å². The van der Waals surface area contributed by atoms with Crippen LogP contribution in [-0.2, 0) is 4.74 Å². The zero-order chi connectivity index (χ0) is 18.0. The third kappa shape index (κ3) is 8.96. The second-order valence-corrected chi connectivity index (χ2v) is 7.21. The summed E-state index contributed by atoms with van der Waals surface area (Å²) in [6, 6.07) is 0. The first-order valence-corrected chi connectivity index (χ1v) is 8.97. The number of piperidine rings is 1. The van der Waals surface area contributed by atoms with Gasteiger partial charge in [0.05, 0.1) is 0 Å². The van der Waals surface area contributed by atoms with Crippen LogP contribution in [0.15, 0.2) is 4.99 Å². The minimum absolute atomic E-state index is 0.394. The molecule has 1 heterocycles. The van der Waals surface area contributed by atoms with Crippen LogP contribution in [0.5, 0.6) is 0 Å². The van der Waals surface area contributed by atoms with E-state index in [1.54, 1.807) is 7.05 Å². The minimum atomic E-state index is -0.471. The van der Waals surface area contributed by atoms with Crippen molar-refractivity contribution in [2.75, 3.05) is 46.3 Å². The number of likely N-dealkylation sites (tertiary alicyclic amines) is 1. The lowest BCUT2D eigenvalue weighted by atomic mass is 9.98. The summed E-state index contributed by atoms with van der Waals surface area (Å²) in [4.78, 5) is 18.3. The van der Waals surface area contributed by atoms with Crippen LogP contribution in [0.25, 0.3) is 0 Å². The Balaban J connectivity index is 2.18. The highest BCUT2D eigenvalue weighted by molar-refractivity contribution is 5.79. The second kappa shape index (κ2) is 10.4. The molecule has 1 amide bonds. The topological polar surface area (TPSA) is 78.0 Å². The van der Waals surface area contributed by atoms with Crippen molar-refractivity contribution >= 4 is 12.1 Å². The predicted octanol–water partition coefficient (Wildman–Crippen LogP) is 1.41. The van der Waals surface area contributed by atoms with Gasteiger partial charge in [0.1, 0.15) is 5.60 Å². The monoisotopic (exact) mass is 341 g/mol. The summed E-state index contributed by atoms with van der Waals surface area (Å²) >= 11 is 0. The molecule has 0 saturated carbocycles. The quantitative estimate of drug-likeness (QED) is 0.387. The molecule has 0 spiro atoms. The highest BCUT2D eigenvalue weighted by atomic mass is 16.6. The lowest BCUT2D eigenvalue weighted by Crippen LogP contribution is -2.46. The number of hydrogen-bond acceptors (Lipinski definition) is 4. The summed E-state index contributed by atoms with van der Waals surface area (Å²) in [6.07, 6.45) is 2.14. The van der Waals surface area contributed by atoms with Gasteiger partial charge in [-0.3, -0.25) is 4.99 Å². The summed E-state index contributed by atoms with van der Waals surface area (Å²) in [6.45, 7) is 13.3. The molecule has 1 saturated heterocycles. The average molecular weight is 342 g/mol. The van der Waals surface area contributed by atoms with Crippen LogP contribution in [0.2, 0.25) is 0 Å². The molecule has 0 radical (unpaired) electrons. The fraction of sp³-hybridized carbons (Fsp3) is 0.882. The van der Waals surface area contributed by atoms with Crippen LogP contribution in [-0.4, -0.2) is 68.9 Å². The van der Waals surface area contributed by atoms with Gasteiger partial charge in [0.2, 0.25) is 0 Å². The smallest absolute Gasteiger partial charge is 0.407 e. The maximum Gasteiger partial charge on any atom is 0.407 e. The molecular formula is C17H35N5O2. The first-order chi connectivity index (χ1) is 11.3. The number of guanidine groups is 1. The van der Waals surface area contributed by atoms with Crippen LogP contribution in [0, 0.1) is 5.92 Å². The number of nitrogens with zero attached hydrogens (tertiary/aromatic N) is 2. The standard InChI is InChI=1S/C17H35N5O2/c1-6-22-11-7-8-14(13-22)12-21-15(18-5)19-9-10-20-16(23)24-17(2,3)4/h14H,6-13H2,1-5H3,(H,20,23)(H2,18,19,21). The highest BCUT2D eigenvalue weighted by Crippen LogP contribution is 2.14. The van der Waals surface area contributed by atoms with Crippen LogP contribution in [0.3, 0.4) is 0 Å². The molecule has 1 aliphatic rings. The average Bonchev–Trinajstić information content (AvgIpc) is 2.52. The number of aliphatic imine (C=N–C) groups is 1. The summed E-state index contributed by atoms with van der Waals surface area (Å²) in [5, 5.41) is 9.31. The summed E-state index contributed by atoms with van der Waals surface area (Å²) in [5.41, 5.74) is -0.471. The van der Waals surface area contributed by atoms with E-state index in [4.69, 9.17) is 4.74 Å². The molecule has 0 bridgehead atoms. The zero-order valence-electron chi connectivity index (χ0n) is 15.9. The van der Waals surface area contributed by atoms with E-state index in [1.807, 2.05) is 20.8 Å². The third-order valence-electron chi connectivity index (χ3n) is 3.92. The first kappa shape index (κ1) is 20.5. The first-order valence-electron chi connectivity index (χ1n) is 8.97. The number of hydrogen-bond donors (Lipinski definition) is 3. The Labute approximate surface area is 146 Å². The predicted molar refractivity (Wildman–Crippen MR) is 98.4 cm³/mol. The molecule has 1 fully saturated rings. The zero-order valence-corrected chi connectivity index (χ0v) is 15.9. The minimum Gasteiger partial charge on any atom is -0.444 e. The highest BCUT2D eigenvalue weighted by Gasteiger charge is 2.19. The molecule has 7 nitrogen and oxygen atoms in total. The largest absolute Gasteiger partial charge is 0.444 e. The molecule has 3 N–H and O–H groups in total. The van der Waals surface area contributed by atoms with Crippen LogP contribution < -0.4 is 16.0 Å². The number of carbonyl (C=O) groups excluding carboxylic acids is 1. The van der Waals surface area contributed by atoms with E-state index in [0.29, 0.717) is 19.0 Å². The van der Waals surface area contributed by atoms with Gasteiger partial charge in [0.15, 0.2) is 5.96 Å². The Morgan fingerprint density at radius 2 is 1.96 bits per heavy atom. The molecule has 24 heavy (non-hydrogen) atoms. The lowest BCUT2D eigenvalue weighted by Gasteiger charge is -2.32. The van der Waals surface area contributed by atoms with E-state index in [0.717, 1.165) is 25.6 Å². The maximum atomic E-state index is 11.6. The van der Waals surface area contributed by atoms with Gasteiger partial charge in [-0.25, -0.2) is 4.79 Å². The number of carbonyl (C=O) groups is 1. The van der Waals surface area contributed by atoms with Crippen LogP contribution >= 0.6 is 0 Å². The Bertz CT molecular complexity index is 406. The van der Waals surface area contributed by atoms with Gasteiger partial charge in [0.25, 0.3) is 0 Å². The Hall–Kier alpha value is -1.50. The van der Waals surface area contributed by atoms with E-state index in [9.17, 15) is 4.79 Å². The maximum absolute atomic E-state index is 11.6. The fourth-order valence-electron chi connectivity index (χ4n) is 2.73. The molecule has 1 atom stereocenters. The molecule has 0 aromatic carbocycles. The van der Waals surface area contributed by atoms with Gasteiger partial charge in [-0.05, 0) is 52.6 Å². The van der Waals surface area contributed by atoms with Crippen molar-refractivity contribution in [1.82, 2.24) is 20.9 Å². The molecule has 7 heteroatoms. The Morgan fingerprint density at radius 1 is 1.25 bits per heavy atom. The number of alkyl carbamates (subject to hydrolysis) is 1. The van der Waals surface area contributed by atoms with E-state index in [-0.39, 0.29) is 0 Å². The molecule has 140 valence electrons. The molecular weight excluding hydrogens is 306 g/mol. The van der Waals surface area contributed by atoms with Gasteiger partial charge in [0, 0.05) is 33.2 Å². The number of ether oxygens (including phenoxy) is 1. The fourth-order valence-corrected chi connectivity index (χ4v) is 2.73. The molecule has 0 aliphatic carbocycles. The van der Waals surface area contributed by atoms with Gasteiger partial charge in [-0.15, -0.1) is 0 Å². The van der Waals surface area contributed by atoms with E-state index >= 15 is 0 Å². The SMILES string of the molecule is CCN1CCCC(CNC(=NC)NCCNC(=O)OC(C)(C)C)C1. The molecule has 1 rings (SSSR count). The summed E-state index contributed by atoms with van der Waals surface area (Å²) in [5.74, 6) is 1.44. The lowest BCUT2D eigenvalue weighted by molar-refractivity contribution is 0.0529. The number of rotatable bonds is 6. The third-order valence-corrected chi connectivity index (χ3v) is 3.92. The van der Waals surface area contributed by atoms with E-state index in [2.05, 4.69) is 32.8 Å². The van der Waals surface area contributed by atoms with Crippen molar-refractivity contribution in [3.8, 4) is 0 Å². The van der Waals surface area contributed by atoms with Gasteiger partial charge in [-0.2, -0.15) is 0 Å². The summed E-state index contributed by atoms with van der Waals surface area (Å²) < 4.78 is 5.19. The molecule has 1 aliphatic heterocycles. The Morgan fingerprint density at radius 3 is 2.58 bits per heavy atom. The Kier molecular flexibility index (Phi) is 8.89. The number of nitrogens with one attached hydrogen (secondary N) is 3. The van der Waals surface area contributed by atoms with E-state index in [1.165, 1.54) is 19.4 Å². The molecule has 0 aromatic rings. The van der Waals surface area contributed by atoms with Crippen molar-refractivity contribution in [3.63, 3.8) is 0 Å². The van der Waals surface area contributed by atoms with Crippen LogP contribution in [0.4, 0.5) is 4.79 Å². The van der Waals surface area contributed by atoms with Crippen molar-refractivity contribution in [1.29, 1.82) is 0 Å². The molecule has 1 unspecified atom stereocenters. The second-order valence-electron chi connectivity index (χ2n) is 7.21. The van der Waals surface area contributed by atoms with Gasteiger partial charge in [-0.1, -0.05) is 6.92 Å². The van der Waals surface area contributed by atoms with Crippen molar-refractivity contribution < 1.29 is 9.53 Å².